The highest BCUT2D eigenvalue weighted by Crippen LogP contribution is 2.27. The number of methoxy groups -OCH3 is 1. The fourth-order valence-electron chi connectivity index (χ4n) is 3.79. The van der Waals surface area contributed by atoms with Crippen LogP contribution in [0.4, 0.5) is 5.82 Å². The highest BCUT2D eigenvalue weighted by Gasteiger charge is 2.17. The molecular formula is C23H29N7OS. The minimum atomic E-state index is 0.473. The van der Waals surface area contributed by atoms with Crippen molar-refractivity contribution in [3.8, 4) is 23.0 Å². The van der Waals surface area contributed by atoms with E-state index >= 15 is 0 Å². The van der Waals surface area contributed by atoms with Crippen molar-refractivity contribution >= 4 is 28.3 Å². The number of hydrogen-bond donors (Lipinski definition) is 1. The summed E-state index contributed by atoms with van der Waals surface area (Å²) in [5.74, 6) is 1.87. The maximum Gasteiger partial charge on any atom is 0.212 e. The molecule has 0 atom stereocenters. The van der Waals surface area contributed by atoms with Gasteiger partial charge in [-0.1, -0.05) is 0 Å². The molecule has 0 saturated carbocycles. The number of hydrogen-bond acceptors (Lipinski definition) is 8. The zero-order valence-corrected chi connectivity index (χ0v) is 19.9. The third kappa shape index (κ3) is 4.58. The smallest absolute Gasteiger partial charge is 0.212 e. The summed E-state index contributed by atoms with van der Waals surface area (Å²) >= 11 is 1.64. The fourth-order valence-corrected chi connectivity index (χ4v) is 4.41. The number of fused-ring (bicyclic) bond motifs is 1. The quantitative estimate of drug-likeness (QED) is 0.402. The van der Waals surface area contributed by atoms with Crippen LogP contribution in [0.15, 0.2) is 41.5 Å². The summed E-state index contributed by atoms with van der Waals surface area (Å²) in [5, 5.41) is 7.63. The summed E-state index contributed by atoms with van der Waals surface area (Å²) in [5.41, 5.74) is 3.37. The molecule has 0 aliphatic carbocycles. The van der Waals surface area contributed by atoms with Crippen molar-refractivity contribution in [2.24, 2.45) is 0 Å². The van der Waals surface area contributed by atoms with Gasteiger partial charge in [0.1, 0.15) is 6.33 Å². The molecule has 4 rings (SSSR count). The Bertz CT molecular complexity index is 1150. The van der Waals surface area contributed by atoms with Crippen molar-refractivity contribution in [2.75, 3.05) is 25.5 Å². The van der Waals surface area contributed by atoms with Crippen LogP contribution in [0.3, 0.4) is 0 Å². The van der Waals surface area contributed by atoms with Crippen LogP contribution < -0.4 is 10.1 Å². The minimum absolute atomic E-state index is 0.473. The maximum absolute atomic E-state index is 5.19. The molecule has 0 unspecified atom stereocenters. The van der Waals surface area contributed by atoms with Crippen LogP contribution in [0.5, 0.6) is 5.88 Å². The first-order valence-corrected chi connectivity index (χ1v) is 11.7. The number of ether oxygens (including phenoxy) is 1. The topological polar surface area (TPSA) is 81.0 Å². The molecule has 4 heterocycles. The Balaban J connectivity index is 1.71. The van der Waals surface area contributed by atoms with E-state index in [1.54, 1.807) is 31.0 Å². The molecule has 0 fully saturated rings. The van der Waals surface area contributed by atoms with E-state index in [1.165, 1.54) is 0 Å². The van der Waals surface area contributed by atoms with E-state index in [2.05, 4.69) is 59.3 Å². The minimum Gasteiger partial charge on any atom is -0.481 e. The SMILES string of the molecule is COc1ccc(-c2nc(NCCN(C(C)C)C(C)C)c3ncn(-c4ccsc4)c3n2)cn1. The van der Waals surface area contributed by atoms with Crippen LogP contribution in [-0.4, -0.2) is 61.7 Å². The van der Waals surface area contributed by atoms with E-state index in [9.17, 15) is 0 Å². The van der Waals surface area contributed by atoms with Crippen molar-refractivity contribution in [2.45, 2.75) is 39.8 Å². The van der Waals surface area contributed by atoms with Gasteiger partial charge in [0.05, 0.1) is 12.8 Å². The van der Waals surface area contributed by atoms with E-state index in [4.69, 9.17) is 14.7 Å². The summed E-state index contributed by atoms with van der Waals surface area (Å²) in [6.45, 7) is 10.6. The number of anilines is 1. The normalized spacial score (nSPS) is 11.8. The largest absolute Gasteiger partial charge is 0.481 e. The van der Waals surface area contributed by atoms with Gasteiger partial charge in [-0.25, -0.2) is 19.9 Å². The van der Waals surface area contributed by atoms with Gasteiger partial charge < -0.3 is 10.1 Å². The molecule has 0 radical (unpaired) electrons. The average molecular weight is 452 g/mol. The summed E-state index contributed by atoms with van der Waals surface area (Å²) in [6.07, 6.45) is 3.53. The van der Waals surface area contributed by atoms with Gasteiger partial charge >= 0.3 is 0 Å². The van der Waals surface area contributed by atoms with Gasteiger partial charge in [0.25, 0.3) is 0 Å². The summed E-state index contributed by atoms with van der Waals surface area (Å²) < 4.78 is 7.18. The second kappa shape index (κ2) is 9.62. The van der Waals surface area contributed by atoms with E-state index in [1.807, 2.05) is 22.1 Å². The lowest BCUT2D eigenvalue weighted by Crippen LogP contribution is -2.40. The monoisotopic (exact) mass is 451 g/mol. The first-order valence-electron chi connectivity index (χ1n) is 10.8. The number of imidazole rings is 1. The highest BCUT2D eigenvalue weighted by molar-refractivity contribution is 7.08. The number of thiophene rings is 1. The lowest BCUT2D eigenvalue weighted by Gasteiger charge is -2.30. The molecule has 4 aromatic rings. The maximum atomic E-state index is 5.19. The Morgan fingerprint density at radius 2 is 1.91 bits per heavy atom. The molecule has 0 aliphatic rings. The number of rotatable bonds is 9. The molecule has 0 bridgehead atoms. The zero-order chi connectivity index (χ0) is 22.7. The molecular weight excluding hydrogens is 422 g/mol. The second-order valence-electron chi connectivity index (χ2n) is 8.11. The van der Waals surface area contributed by atoms with Gasteiger partial charge in [-0.15, -0.1) is 0 Å². The van der Waals surface area contributed by atoms with Crippen LogP contribution in [0.2, 0.25) is 0 Å². The van der Waals surface area contributed by atoms with Crippen LogP contribution in [-0.2, 0) is 0 Å². The van der Waals surface area contributed by atoms with Crippen molar-refractivity contribution in [1.29, 1.82) is 0 Å². The number of nitrogens with zero attached hydrogens (tertiary/aromatic N) is 6. The summed E-state index contributed by atoms with van der Waals surface area (Å²) in [6, 6.07) is 6.73. The predicted octanol–water partition coefficient (Wildman–Crippen LogP) is 4.48. The Labute approximate surface area is 192 Å². The van der Waals surface area contributed by atoms with E-state index in [-0.39, 0.29) is 0 Å². The number of pyridine rings is 1. The Morgan fingerprint density at radius 3 is 2.53 bits per heavy atom. The lowest BCUT2D eigenvalue weighted by molar-refractivity contribution is 0.182. The van der Waals surface area contributed by atoms with Crippen molar-refractivity contribution in [3.05, 3.63) is 41.5 Å². The Kier molecular flexibility index (Phi) is 6.66. The molecule has 0 aliphatic heterocycles. The molecule has 1 N–H and O–H groups in total. The van der Waals surface area contributed by atoms with Gasteiger partial charge in [0, 0.05) is 48.4 Å². The standard InChI is InChI=1S/C23H29N7OS/c1-15(2)29(16(3)4)10-9-24-22-20-23(30(14-26-20)18-8-11-32-13-18)28-21(27-22)17-6-7-19(31-5)25-12-17/h6-8,11-16H,9-10H2,1-5H3,(H,24,27,28). The van der Waals surface area contributed by atoms with E-state index in [0.717, 1.165) is 41.3 Å². The van der Waals surface area contributed by atoms with Crippen molar-refractivity contribution < 1.29 is 4.74 Å². The first kappa shape index (κ1) is 22.2. The summed E-state index contributed by atoms with van der Waals surface area (Å²) in [4.78, 5) is 21.1. The number of nitrogens with one attached hydrogen (secondary N) is 1. The van der Waals surface area contributed by atoms with Crippen LogP contribution in [0, 0.1) is 0 Å². The highest BCUT2D eigenvalue weighted by atomic mass is 32.1. The molecule has 168 valence electrons. The van der Waals surface area contributed by atoms with Gasteiger partial charge in [-0.2, -0.15) is 11.3 Å². The average Bonchev–Trinajstić information content (AvgIpc) is 3.45. The molecule has 9 heteroatoms. The second-order valence-corrected chi connectivity index (χ2v) is 8.89. The van der Waals surface area contributed by atoms with Crippen molar-refractivity contribution in [1.82, 2.24) is 29.4 Å². The molecule has 32 heavy (non-hydrogen) atoms. The zero-order valence-electron chi connectivity index (χ0n) is 19.1. The number of aromatic nitrogens is 5. The van der Waals surface area contributed by atoms with Crippen LogP contribution >= 0.6 is 11.3 Å². The van der Waals surface area contributed by atoms with Crippen molar-refractivity contribution in [3.63, 3.8) is 0 Å². The van der Waals surface area contributed by atoms with Gasteiger partial charge in [0.2, 0.25) is 5.88 Å². The van der Waals surface area contributed by atoms with E-state index < -0.39 is 0 Å². The Morgan fingerprint density at radius 1 is 1.09 bits per heavy atom. The van der Waals surface area contributed by atoms with Gasteiger partial charge in [-0.05, 0) is 45.2 Å². The first-order chi connectivity index (χ1) is 15.5. The molecule has 0 aromatic carbocycles. The predicted molar refractivity (Wildman–Crippen MR) is 130 cm³/mol. The van der Waals surface area contributed by atoms with Gasteiger partial charge in [-0.3, -0.25) is 9.47 Å². The molecule has 4 aromatic heterocycles. The molecule has 0 spiro atoms. The molecule has 0 saturated heterocycles. The van der Waals surface area contributed by atoms with E-state index in [0.29, 0.717) is 23.8 Å². The third-order valence-corrected chi connectivity index (χ3v) is 6.04. The Hall–Kier alpha value is -3.04. The van der Waals surface area contributed by atoms with Crippen LogP contribution in [0.25, 0.3) is 28.2 Å². The lowest BCUT2D eigenvalue weighted by atomic mass is 10.2. The molecule has 0 amide bonds. The van der Waals surface area contributed by atoms with Gasteiger partial charge in [0.15, 0.2) is 22.8 Å². The van der Waals surface area contributed by atoms with Crippen LogP contribution in [0.1, 0.15) is 27.7 Å². The third-order valence-electron chi connectivity index (χ3n) is 5.37. The summed E-state index contributed by atoms with van der Waals surface area (Å²) in [7, 11) is 1.60. The fraction of sp³-hybridized carbons (Fsp3) is 0.391. The molecule has 8 nitrogen and oxygen atoms in total.